The zero-order valence-corrected chi connectivity index (χ0v) is 13.1. The minimum atomic E-state index is 0.642. The van der Waals surface area contributed by atoms with Gasteiger partial charge in [-0.15, -0.1) is 0 Å². The molecule has 19 heavy (non-hydrogen) atoms. The van der Waals surface area contributed by atoms with Crippen LogP contribution in [0.2, 0.25) is 0 Å². The van der Waals surface area contributed by atoms with E-state index in [1.807, 2.05) is 0 Å². The van der Waals surface area contributed by atoms with Crippen molar-refractivity contribution in [1.82, 2.24) is 5.32 Å². The summed E-state index contributed by atoms with van der Waals surface area (Å²) in [6.45, 7) is 3.98. The van der Waals surface area contributed by atoms with Crippen molar-refractivity contribution in [3.05, 3.63) is 0 Å². The van der Waals surface area contributed by atoms with Crippen LogP contribution in [0.4, 0.5) is 0 Å². The van der Waals surface area contributed by atoms with E-state index in [9.17, 15) is 0 Å². The third kappa shape index (κ3) is 10.4. The molecule has 0 saturated carbocycles. The fourth-order valence-corrected chi connectivity index (χ4v) is 2.85. The molecular formula is C17H35NO. The molecule has 1 aliphatic rings. The summed E-state index contributed by atoms with van der Waals surface area (Å²) in [4.78, 5) is 0. The fraction of sp³-hybridized carbons (Fsp3) is 1.00. The van der Waals surface area contributed by atoms with Crippen LogP contribution in [0.15, 0.2) is 0 Å². The quantitative estimate of drug-likeness (QED) is 0.474. The molecule has 0 aromatic rings. The number of unbranched alkanes of at least 4 members (excludes halogenated alkanes) is 11. The van der Waals surface area contributed by atoms with Crippen LogP contribution in [0, 0.1) is 0 Å². The number of hydrogen-bond acceptors (Lipinski definition) is 2. The summed E-state index contributed by atoms with van der Waals surface area (Å²) < 4.78 is 5.30. The molecule has 1 aliphatic heterocycles. The highest BCUT2D eigenvalue weighted by atomic mass is 16.5. The second kappa shape index (κ2) is 12.9. The van der Waals surface area contributed by atoms with E-state index in [1.54, 1.807) is 0 Å². The lowest BCUT2D eigenvalue weighted by atomic mass is 10.0. The van der Waals surface area contributed by atoms with Crippen LogP contribution >= 0.6 is 0 Å². The van der Waals surface area contributed by atoms with E-state index >= 15 is 0 Å². The Balaban J connectivity index is 1.67. The van der Waals surface area contributed by atoms with E-state index in [4.69, 9.17) is 4.74 Å². The summed E-state index contributed by atoms with van der Waals surface area (Å²) in [5, 5.41) is 3.37. The largest absolute Gasteiger partial charge is 0.365 e. The van der Waals surface area contributed by atoms with Gasteiger partial charge >= 0.3 is 0 Å². The number of hydrogen-bond donors (Lipinski definition) is 1. The highest BCUT2D eigenvalue weighted by Gasteiger charge is 2.12. The van der Waals surface area contributed by atoms with Crippen molar-refractivity contribution >= 4 is 0 Å². The fourth-order valence-electron chi connectivity index (χ4n) is 2.85. The van der Waals surface area contributed by atoms with Gasteiger partial charge in [0, 0.05) is 6.04 Å². The van der Waals surface area contributed by atoms with Crippen molar-refractivity contribution in [3.63, 3.8) is 0 Å². The summed E-state index contributed by atoms with van der Waals surface area (Å²) >= 11 is 0. The highest BCUT2D eigenvalue weighted by molar-refractivity contribution is 4.68. The Morgan fingerprint density at radius 2 is 1.32 bits per heavy atom. The molecule has 0 aromatic heterocycles. The van der Waals surface area contributed by atoms with Gasteiger partial charge in [-0.2, -0.15) is 0 Å². The van der Waals surface area contributed by atoms with Crippen molar-refractivity contribution < 1.29 is 4.74 Å². The van der Waals surface area contributed by atoms with Gasteiger partial charge in [0.15, 0.2) is 0 Å². The van der Waals surface area contributed by atoms with E-state index in [1.165, 1.54) is 83.5 Å². The Morgan fingerprint density at radius 3 is 1.79 bits per heavy atom. The lowest BCUT2D eigenvalue weighted by molar-refractivity contribution is 0.188. The molecule has 0 aliphatic carbocycles. The van der Waals surface area contributed by atoms with Crippen molar-refractivity contribution in [3.8, 4) is 0 Å². The average Bonchev–Trinajstić information content (AvgIpc) is 2.93. The summed E-state index contributed by atoms with van der Waals surface area (Å²) in [5.41, 5.74) is 0. The van der Waals surface area contributed by atoms with Gasteiger partial charge in [0.25, 0.3) is 0 Å². The summed E-state index contributed by atoms with van der Waals surface area (Å²) in [5.74, 6) is 0. The first-order valence-corrected chi connectivity index (χ1v) is 8.74. The molecule has 2 nitrogen and oxygen atoms in total. The van der Waals surface area contributed by atoms with Crippen molar-refractivity contribution in [2.75, 3.05) is 13.3 Å². The molecule has 1 rings (SSSR count). The van der Waals surface area contributed by atoms with Crippen molar-refractivity contribution in [1.29, 1.82) is 0 Å². The van der Waals surface area contributed by atoms with Crippen LogP contribution in [0.1, 0.15) is 90.4 Å². The smallest absolute Gasteiger partial charge is 0.0968 e. The Morgan fingerprint density at radius 1 is 0.789 bits per heavy atom. The molecule has 0 amide bonds. The van der Waals surface area contributed by atoms with Crippen LogP contribution in [0.25, 0.3) is 0 Å². The number of nitrogens with one attached hydrogen (secondary N) is 1. The normalized spacial score (nSPS) is 19.1. The molecule has 1 unspecified atom stereocenters. The highest BCUT2D eigenvalue weighted by Crippen LogP contribution is 2.13. The Hall–Kier alpha value is -0.0800. The van der Waals surface area contributed by atoms with Gasteiger partial charge in [-0.1, -0.05) is 84.0 Å². The minimum Gasteiger partial charge on any atom is -0.365 e. The Kier molecular flexibility index (Phi) is 11.5. The monoisotopic (exact) mass is 269 g/mol. The van der Waals surface area contributed by atoms with E-state index in [-0.39, 0.29) is 0 Å². The van der Waals surface area contributed by atoms with Crippen LogP contribution in [-0.2, 0) is 4.74 Å². The predicted octanol–water partition coefficient (Wildman–Crippen LogP) is 5.02. The van der Waals surface area contributed by atoms with Crippen LogP contribution in [0.3, 0.4) is 0 Å². The van der Waals surface area contributed by atoms with Gasteiger partial charge in [0.1, 0.15) is 0 Å². The maximum Gasteiger partial charge on any atom is 0.0968 e. The van der Waals surface area contributed by atoms with Crippen LogP contribution in [0.5, 0.6) is 0 Å². The summed E-state index contributed by atoms with van der Waals surface area (Å²) in [7, 11) is 0. The SMILES string of the molecule is CCCCCCCCCCCCCCC1COCN1. The van der Waals surface area contributed by atoms with Gasteiger partial charge in [0.2, 0.25) is 0 Å². The van der Waals surface area contributed by atoms with E-state index in [2.05, 4.69) is 12.2 Å². The zero-order chi connectivity index (χ0) is 13.6. The lowest BCUT2D eigenvalue weighted by Crippen LogP contribution is -2.23. The lowest BCUT2D eigenvalue weighted by Gasteiger charge is -2.07. The molecule has 1 atom stereocenters. The van der Waals surface area contributed by atoms with Crippen LogP contribution in [-0.4, -0.2) is 19.4 Å². The topological polar surface area (TPSA) is 21.3 Å². The third-order valence-electron chi connectivity index (χ3n) is 4.20. The second-order valence-corrected chi connectivity index (χ2v) is 6.09. The minimum absolute atomic E-state index is 0.642. The first-order valence-electron chi connectivity index (χ1n) is 8.74. The molecule has 2 heteroatoms. The van der Waals surface area contributed by atoms with E-state index in [0.717, 1.165) is 13.3 Å². The predicted molar refractivity (Wildman–Crippen MR) is 83.4 cm³/mol. The van der Waals surface area contributed by atoms with Crippen molar-refractivity contribution in [2.45, 2.75) is 96.4 Å². The number of ether oxygens (including phenoxy) is 1. The first kappa shape index (κ1) is 17.0. The standard InChI is InChI=1S/C17H35NO/c1-2-3-4-5-6-7-8-9-10-11-12-13-14-17-15-19-16-18-17/h17-18H,2-16H2,1H3. The zero-order valence-electron chi connectivity index (χ0n) is 13.1. The molecular weight excluding hydrogens is 234 g/mol. The van der Waals surface area contributed by atoms with E-state index in [0.29, 0.717) is 6.04 Å². The number of rotatable bonds is 13. The molecule has 1 N–H and O–H groups in total. The molecule has 0 radical (unpaired) electrons. The van der Waals surface area contributed by atoms with E-state index < -0.39 is 0 Å². The first-order chi connectivity index (χ1) is 9.43. The Labute approximate surface area is 120 Å². The molecule has 0 bridgehead atoms. The van der Waals surface area contributed by atoms with Crippen LogP contribution < -0.4 is 5.32 Å². The molecule has 1 saturated heterocycles. The molecule has 0 spiro atoms. The molecule has 1 fully saturated rings. The maximum atomic E-state index is 5.30. The van der Waals surface area contributed by atoms with Gasteiger partial charge in [0.05, 0.1) is 13.3 Å². The van der Waals surface area contributed by atoms with Crippen molar-refractivity contribution in [2.24, 2.45) is 0 Å². The molecule has 1 heterocycles. The van der Waals surface area contributed by atoms with Gasteiger partial charge in [-0.3, -0.25) is 5.32 Å². The maximum absolute atomic E-state index is 5.30. The summed E-state index contributed by atoms with van der Waals surface area (Å²) in [6, 6.07) is 0.642. The Bertz CT molecular complexity index is 178. The van der Waals surface area contributed by atoms with Gasteiger partial charge in [-0.05, 0) is 6.42 Å². The second-order valence-electron chi connectivity index (χ2n) is 6.09. The molecule has 114 valence electrons. The summed E-state index contributed by atoms with van der Waals surface area (Å²) in [6.07, 6.45) is 18.5. The molecule has 0 aromatic carbocycles. The average molecular weight is 269 g/mol. The van der Waals surface area contributed by atoms with Gasteiger partial charge in [-0.25, -0.2) is 0 Å². The van der Waals surface area contributed by atoms with Gasteiger partial charge < -0.3 is 4.74 Å². The third-order valence-corrected chi connectivity index (χ3v) is 4.20.